The average molecular weight is 387 g/mol. The third-order valence-corrected chi connectivity index (χ3v) is 5.65. The number of hydrogen-bond acceptors (Lipinski definition) is 5. The van der Waals surface area contributed by atoms with Crippen LogP contribution in [-0.2, 0) is 15.1 Å². The zero-order valence-corrected chi connectivity index (χ0v) is 16.0. The summed E-state index contributed by atoms with van der Waals surface area (Å²) in [5.74, 6) is 0.545. The van der Waals surface area contributed by atoms with E-state index in [1.165, 1.54) is 0 Å². The maximum atomic E-state index is 13.1. The second kappa shape index (κ2) is 7.33. The quantitative estimate of drug-likeness (QED) is 0.797. The van der Waals surface area contributed by atoms with Crippen LogP contribution in [0.1, 0.15) is 38.2 Å². The van der Waals surface area contributed by atoms with Crippen LogP contribution in [-0.4, -0.2) is 60.5 Å². The number of fused-ring (bicyclic) bond motifs is 1. The Hall–Kier alpha value is -2.77. The van der Waals surface area contributed by atoms with Crippen LogP contribution >= 0.6 is 0 Å². The fraction of sp³-hybridized carbons (Fsp3) is 0.550. The van der Waals surface area contributed by atoms with Gasteiger partial charge in [0.1, 0.15) is 25.3 Å². The minimum atomic E-state index is -1.24. The first-order chi connectivity index (χ1) is 13.5. The lowest BCUT2D eigenvalue weighted by Gasteiger charge is -2.26. The summed E-state index contributed by atoms with van der Waals surface area (Å²) < 4.78 is 11.1. The van der Waals surface area contributed by atoms with E-state index < -0.39 is 17.5 Å². The summed E-state index contributed by atoms with van der Waals surface area (Å²) in [7, 11) is 0. The Morgan fingerprint density at radius 1 is 1.07 bits per heavy atom. The number of carbonyl (C=O) groups excluding carboxylic acids is 3. The molecule has 4 rings (SSSR count). The van der Waals surface area contributed by atoms with E-state index in [9.17, 15) is 14.4 Å². The third kappa shape index (κ3) is 3.27. The van der Waals surface area contributed by atoms with Crippen LogP contribution < -0.4 is 14.8 Å². The van der Waals surface area contributed by atoms with Gasteiger partial charge in [-0.3, -0.25) is 14.5 Å². The summed E-state index contributed by atoms with van der Waals surface area (Å²) in [6, 6.07) is 4.64. The van der Waals surface area contributed by atoms with E-state index in [-0.39, 0.29) is 12.5 Å². The highest BCUT2D eigenvalue weighted by atomic mass is 16.6. The van der Waals surface area contributed by atoms with Crippen LogP contribution in [0.25, 0.3) is 0 Å². The molecule has 1 aromatic rings. The Morgan fingerprint density at radius 3 is 2.46 bits per heavy atom. The second-order valence-electron chi connectivity index (χ2n) is 7.60. The van der Waals surface area contributed by atoms with E-state index in [1.54, 1.807) is 30.0 Å². The Bertz CT molecular complexity index is 803. The lowest BCUT2D eigenvalue weighted by atomic mass is 9.91. The molecule has 28 heavy (non-hydrogen) atoms. The van der Waals surface area contributed by atoms with Crippen molar-refractivity contribution in [2.24, 2.45) is 0 Å². The zero-order valence-electron chi connectivity index (χ0n) is 16.0. The first-order valence-electron chi connectivity index (χ1n) is 9.81. The SMILES string of the molecule is C[C@@]1(c2ccc3c(c2)OCCO3)NC(=O)N(CC(=O)N2CCCCCC2)C1=O. The highest BCUT2D eigenvalue weighted by molar-refractivity contribution is 6.09. The van der Waals surface area contributed by atoms with E-state index in [0.29, 0.717) is 43.4 Å². The summed E-state index contributed by atoms with van der Waals surface area (Å²) >= 11 is 0. The first-order valence-corrected chi connectivity index (χ1v) is 9.81. The van der Waals surface area contributed by atoms with Gasteiger partial charge in [0, 0.05) is 13.1 Å². The molecule has 2 saturated heterocycles. The van der Waals surface area contributed by atoms with Crippen molar-refractivity contribution in [2.75, 3.05) is 32.8 Å². The van der Waals surface area contributed by atoms with Crippen LogP contribution in [0.3, 0.4) is 0 Å². The number of amides is 4. The van der Waals surface area contributed by atoms with Gasteiger partial charge >= 0.3 is 6.03 Å². The number of rotatable bonds is 3. The van der Waals surface area contributed by atoms with Crippen molar-refractivity contribution in [1.82, 2.24) is 15.1 Å². The van der Waals surface area contributed by atoms with Gasteiger partial charge in [-0.1, -0.05) is 18.9 Å². The average Bonchev–Trinajstić information content (AvgIpc) is 2.91. The van der Waals surface area contributed by atoms with Gasteiger partial charge in [0.05, 0.1) is 0 Å². The number of benzene rings is 1. The lowest BCUT2D eigenvalue weighted by Crippen LogP contribution is -2.44. The van der Waals surface area contributed by atoms with Crippen molar-refractivity contribution >= 4 is 17.8 Å². The fourth-order valence-electron chi connectivity index (χ4n) is 3.95. The Balaban J connectivity index is 1.52. The molecule has 3 heterocycles. The largest absolute Gasteiger partial charge is 0.486 e. The van der Waals surface area contributed by atoms with E-state index in [0.717, 1.165) is 30.6 Å². The van der Waals surface area contributed by atoms with Gasteiger partial charge in [-0.25, -0.2) is 4.79 Å². The molecule has 0 radical (unpaired) electrons. The van der Waals surface area contributed by atoms with E-state index in [4.69, 9.17) is 9.47 Å². The van der Waals surface area contributed by atoms with Crippen molar-refractivity contribution < 1.29 is 23.9 Å². The molecule has 0 bridgehead atoms. The summed E-state index contributed by atoms with van der Waals surface area (Å²) in [6.07, 6.45) is 4.13. The van der Waals surface area contributed by atoms with Crippen molar-refractivity contribution in [3.63, 3.8) is 0 Å². The molecule has 0 aliphatic carbocycles. The summed E-state index contributed by atoms with van der Waals surface area (Å²) in [5.41, 5.74) is -0.647. The Kier molecular flexibility index (Phi) is 4.87. The number of nitrogens with one attached hydrogen (secondary N) is 1. The molecule has 150 valence electrons. The molecule has 4 amide bonds. The van der Waals surface area contributed by atoms with Crippen molar-refractivity contribution in [2.45, 2.75) is 38.1 Å². The summed E-state index contributed by atoms with van der Waals surface area (Å²) in [4.78, 5) is 41.0. The number of ether oxygens (including phenoxy) is 2. The maximum Gasteiger partial charge on any atom is 0.325 e. The number of likely N-dealkylation sites (tertiary alicyclic amines) is 1. The molecule has 1 atom stereocenters. The van der Waals surface area contributed by atoms with Gasteiger partial charge in [-0.15, -0.1) is 0 Å². The zero-order chi connectivity index (χ0) is 19.7. The van der Waals surface area contributed by atoms with Crippen LogP contribution in [0.15, 0.2) is 18.2 Å². The molecule has 8 nitrogen and oxygen atoms in total. The normalized spacial score (nSPS) is 24.8. The highest BCUT2D eigenvalue weighted by Gasteiger charge is 2.50. The van der Waals surface area contributed by atoms with Crippen LogP contribution in [0.5, 0.6) is 11.5 Å². The molecule has 0 saturated carbocycles. The molecular weight excluding hydrogens is 362 g/mol. The highest BCUT2D eigenvalue weighted by Crippen LogP contribution is 2.36. The number of hydrogen-bond donors (Lipinski definition) is 1. The molecule has 0 spiro atoms. The van der Waals surface area contributed by atoms with Crippen molar-refractivity contribution in [3.8, 4) is 11.5 Å². The molecule has 3 aliphatic heterocycles. The van der Waals surface area contributed by atoms with E-state index in [2.05, 4.69) is 5.32 Å². The molecule has 8 heteroatoms. The minimum Gasteiger partial charge on any atom is -0.486 e. The van der Waals surface area contributed by atoms with Crippen LogP contribution in [0.2, 0.25) is 0 Å². The molecule has 2 fully saturated rings. The van der Waals surface area contributed by atoms with Gasteiger partial charge in [0.25, 0.3) is 5.91 Å². The monoisotopic (exact) mass is 387 g/mol. The topological polar surface area (TPSA) is 88.2 Å². The predicted octanol–water partition coefficient (Wildman–Crippen LogP) is 1.63. The number of nitrogens with zero attached hydrogens (tertiary/aromatic N) is 2. The molecule has 1 aromatic carbocycles. The van der Waals surface area contributed by atoms with Gasteiger partial charge in [-0.05, 0) is 37.5 Å². The van der Waals surface area contributed by atoms with Crippen molar-refractivity contribution in [1.29, 1.82) is 0 Å². The Morgan fingerprint density at radius 2 is 1.75 bits per heavy atom. The van der Waals surface area contributed by atoms with Gasteiger partial charge < -0.3 is 19.7 Å². The van der Waals surface area contributed by atoms with E-state index in [1.807, 2.05) is 0 Å². The summed E-state index contributed by atoms with van der Waals surface area (Å²) in [6.45, 7) is 3.69. The third-order valence-electron chi connectivity index (χ3n) is 5.65. The van der Waals surface area contributed by atoms with Gasteiger partial charge in [0.2, 0.25) is 5.91 Å². The molecule has 3 aliphatic rings. The predicted molar refractivity (Wildman–Crippen MR) is 100 cm³/mol. The number of imide groups is 1. The minimum absolute atomic E-state index is 0.183. The summed E-state index contributed by atoms with van der Waals surface area (Å²) in [5, 5.41) is 2.74. The Labute approximate surface area is 163 Å². The number of carbonyl (C=O) groups is 3. The lowest BCUT2D eigenvalue weighted by molar-refractivity contribution is -0.138. The van der Waals surface area contributed by atoms with Crippen LogP contribution in [0, 0.1) is 0 Å². The second-order valence-corrected chi connectivity index (χ2v) is 7.60. The fourth-order valence-corrected chi connectivity index (χ4v) is 3.95. The molecular formula is C20H25N3O5. The smallest absolute Gasteiger partial charge is 0.325 e. The van der Waals surface area contributed by atoms with Gasteiger partial charge in [-0.2, -0.15) is 0 Å². The standard InChI is InChI=1S/C20H25N3O5/c1-20(14-6-7-15-16(12-14)28-11-10-27-15)18(25)23(19(26)21-20)13-17(24)22-8-4-2-3-5-9-22/h6-7,12H,2-5,8-11,13H2,1H3,(H,21,26)/t20-/m0/s1. The number of urea groups is 1. The molecule has 1 N–H and O–H groups in total. The van der Waals surface area contributed by atoms with Gasteiger partial charge in [0.15, 0.2) is 11.5 Å². The first kappa shape index (κ1) is 18.6. The van der Waals surface area contributed by atoms with Crippen molar-refractivity contribution in [3.05, 3.63) is 23.8 Å². The maximum absolute atomic E-state index is 13.1. The van der Waals surface area contributed by atoms with Crippen LogP contribution in [0.4, 0.5) is 4.79 Å². The molecule has 0 aromatic heterocycles. The van der Waals surface area contributed by atoms with E-state index >= 15 is 0 Å². The molecule has 0 unspecified atom stereocenters.